The van der Waals surface area contributed by atoms with Gasteiger partial charge in [-0.05, 0) is 25.5 Å². The Morgan fingerprint density at radius 1 is 1.31 bits per heavy atom. The van der Waals surface area contributed by atoms with Crippen LogP contribution in [0.2, 0.25) is 0 Å². The number of nitrogens with two attached hydrogens (primary N) is 4. The van der Waals surface area contributed by atoms with Crippen LogP contribution in [-0.4, -0.2) is 68.8 Å². The molecule has 12 nitrogen and oxygen atoms in total. The lowest BCUT2D eigenvalue weighted by Crippen LogP contribution is -2.36. The Morgan fingerprint density at radius 2 is 2.00 bits per heavy atom. The minimum absolute atomic E-state index is 0.0537. The lowest BCUT2D eigenvalue weighted by Gasteiger charge is -2.16. The Balaban J connectivity index is 0.000000321. The minimum Gasteiger partial charge on any atom is -0.394 e. The Kier molecular flexibility index (Phi) is 8.95. The number of aromatic nitrogens is 2. The van der Waals surface area contributed by atoms with Crippen molar-refractivity contribution in [3.63, 3.8) is 0 Å². The maximum absolute atomic E-state index is 11.5. The van der Waals surface area contributed by atoms with Gasteiger partial charge in [0.05, 0.1) is 6.61 Å². The normalized spacial score (nSPS) is 24.6. The van der Waals surface area contributed by atoms with Gasteiger partial charge in [0.1, 0.15) is 24.1 Å². The predicted octanol–water partition coefficient (Wildman–Crippen LogP) is -3.56. The van der Waals surface area contributed by atoms with Crippen molar-refractivity contribution in [3.05, 3.63) is 22.7 Å². The maximum Gasteiger partial charge on any atom is 0.351 e. The van der Waals surface area contributed by atoms with Crippen LogP contribution in [0.15, 0.2) is 22.1 Å². The number of rotatable bonds is 6. The van der Waals surface area contributed by atoms with Crippen LogP contribution >= 0.6 is 0 Å². The second-order valence-corrected chi connectivity index (χ2v) is 5.57. The molecule has 0 bridgehead atoms. The average Bonchev–Trinajstić information content (AvgIpc) is 2.87. The molecule has 0 amide bonds. The quantitative estimate of drug-likeness (QED) is 0.148. The largest absolute Gasteiger partial charge is 0.394 e. The topological polar surface area (TPSA) is 221 Å². The fraction of sp³-hybridized carbons (Fsp3) is 0.643. The molecule has 0 unspecified atom stereocenters. The molecule has 2 heterocycles. The summed E-state index contributed by atoms with van der Waals surface area (Å²) in [7, 11) is 0. The fourth-order valence-electron chi connectivity index (χ4n) is 2.19. The summed E-state index contributed by atoms with van der Waals surface area (Å²) in [6, 6.07) is 1.37. The van der Waals surface area contributed by atoms with Crippen molar-refractivity contribution >= 4 is 11.8 Å². The number of nitrogens with zero attached hydrogens (tertiary/aromatic N) is 3. The van der Waals surface area contributed by atoms with E-state index in [1.165, 1.54) is 12.3 Å². The molecule has 4 atom stereocenters. The number of unbranched alkanes of at least 4 members (excludes halogenated alkanes) is 1. The van der Waals surface area contributed by atoms with Crippen LogP contribution < -0.4 is 28.6 Å². The number of ether oxygens (including phenoxy) is 1. The van der Waals surface area contributed by atoms with Gasteiger partial charge in [0.2, 0.25) is 0 Å². The molecular weight excluding hydrogens is 346 g/mol. The van der Waals surface area contributed by atoms with E-state index in [0.717, 1.165) is 17.4 Å². The number of anilines is 1. The first kappa shape index (κ1) is 21.8. The monoisotopic (exact) mass is 373 g/mol. The summed E-state index contributed by atoms with van der Waals surface area (Å²) < 4.78 is 6.19. The van der Waals surface area contributed by atoms with E-state index in [-0.39, 0.29) is 11.8 Å². The van der Waals surface area contributed by atoms with Crippen LogP contribution in [0.4, 0.5) is 5.82 Å². The van der Waals surface area contributed by atoms with Crippen molar-refractivity contribution < 1.29 is 20.1 Å². The summed E-state index contributed by atoms with van der Waals surface area (Å²) in [5.41, 5.74) is 20.0. The van der Waals surface area contributed by atoms with Gasteiger partial charge in [-0.15, -0.1) is 0 Å². The Hall–Kier alpha value is -2.25. The van der Waals surface area contributed by atoms with Gasteiger partial charge in [-0.3, -0.25) is 9.56 Å². The number of aliphatic imine (C=N–C) groups is 1. The minimum atomic E-state index is -1.31. The highest BCUT2D eigenvalue weighted by Crippen LogP contribution is 2.27. The molecule has 1 aromatic heterocycles. The zero-order valence-electron chi connectivity index (χ0n) is 14.3. The number of hydrogen-bond donors (Lipinski definition) is 7. The van der Waals surface area contributed by atoms with Crippen LogP contribution in [0.1, 0.15) is 19.1 Å². The second kappa shape index (κ2) is 10.7. The average molecular weight is 373 g/mol. The highest BCUT2D eigenvalue weighted by atomic mass is 16.6. The molecule has 2 rings (SSSR count). The standard InChI is InChI=1S/C9H13N3O5.C5H14N4/c10-5-1-2-12(9(16)11-5)8-7(15)6(14)4(3-13)17-8;6-3-1-2-4-9-5(7)8/h1-2,4,6-8,13-15H,3H2,(H2,10,11,16);1-4,6H2,(H4,7,8,9)/t4-,6-,7-,8-;/m1./s1. The van der Waals surface area contributed by atoms with Gasteiger partial charge < -0.3 is 43.0 Å². The summed E-state index contributed by atoms with van der Waals surface area (Å²) in [6.45, 7) is 0.950. The lowest BCUT2D eigenvalue weighted by atomic mass is 10.1. The molecule has 11 N–H and O–H groups in total. The van der Waals surface area contributed by atoms with E-state index in [2.05, 4.69) is 9.98 Å². The van der Waals surface area contributed by atoms with E-state index in [0.29, 0.717) is 13.1 Å². The highest BCUT2D eigenvalue weighted by Gasteiger charge is 2.43. The van der Waals surface area contributed by atoms with E-state index in [4.69, 9.17) is 32.8 Å². The predicted molar refractivity (Wildman–Crippen MR) is 94.9 cm³/mol. The molecule has 0 radical (unpaired) electrons. The summed E-state index contributed by atoms with van der Waals surface area (Å²) in [5.74, 6) is 0.213. The number of hydrogen-bond acceptors (Lipinski definition) is 9. The first-order valence-corrected chi connectivity index (χ1v) is 8.04. The van der Waals surface area contributed by atoms with Gasteiger partial charge in [0.25, 0.3) is 0 Å². The summed E-state index contributed by atoms with van der Waals surface area (Å²) in [5, 5.41) is 28.2. The molecule has 0 aliphatic carbocycles. The number of aliphatic hydroxyl groups excluding tert-OH is 3. The van der Waals surface area contributed by atoms with E-state index >= 15 is 0 Å². The zero-order chi connectivity index (χ0) is 19.7. The summed E-state index contributed by atoms with van der Waals surface area (Å²) >= 11 is 0. The molecular formula is C14H27N7O5. The molecule has 0 saturated carbocycles. The molecule has 0 spiro atoms. The molecule has 0 aromatic carbocycles. The third-order valence-corrected chi connectivity index (χ3v) is 3.55. The van der Waals surface area contributed by atoms with Crippen molar-refractivity contribution in [2.24, 2.45) is 22.2 Å². The highest BCUT2D eigenvalue weighted by molar-refractivity contribution is 5.75. The molecule has 26 heavy (non-hydrogen) atoms. The molecule has 12 heteroatoms. The first-order chi connectivity index (χ1) is 12.3. The second-order valence-electron chi connectivity index (χ2n) is 5.57. The summed E-state index contributed by atoms with van der Waals surface area (Å²) in [6.07, 6.45) is -1.32. The van der Waals surface area contributed by atoms with Crippen molar-refractivity contribution in [1.29, 1.82) is 0 Å². The van der Waals surface area contributed by atoms with Crippen molar-refractivity contribution in [2.45, 2.75) is 37.4 Å². The SMILES string of the molecule is NCCCCN=C(N)N.Nc1ccn([C@@H]2O[C@H](CO)[C@@H](O)[C@H]2O)c(=O)n1. The molecule has 1 fully saturated rings. The summed E-state index contributed by atoms with van der Waals surface area (Å²) in [4.78, 5) is 18.8. The third kappa shape index (κ3) is 6.24. The van der Waals surface area contributed by atoms with E-state index in [1.807, 2.05) is 0 Å². The van der Waals surface area contributed by atoms with Gasteiger partial charge >= 0.3 is 5.69 Å². The lowest BCUT2D eigenvalue weighted by molar-refractivity contribution is -0.0549. The Bertz CT molecular complexity index is 634. The smallest absolute Gasteiger partial charge is 0.351 e. The molecule has 1 saturated heterocycles. The fourth-order valence-corrected chi connectivity index (χ4v) is 2.19. The van der Waals surface area contributed by atoms with E-state index in [9.17, 15) is 15.0 Å². The van der Waals surface area contributed by atoms with Crippen LogP contribution in [0.5, 0.6) is 0 Å². The zero-order valence-corrected chi connectivity index (χ0v) is 14.3. The van der Waals surface area contributed by atoms with E-state index in [1.54, 1.807) is 0 Å². The van der Waals surface area contributed by atoms with Crippen molar-refractivity contribution in [2.75, 3.05) is 25.4 Å². The van der Waals surface area contributed by atoms with Crippen LogP contribution in [0, 0.1) is 0 Å². The third-order valence-electron chi connectivity index (χ3n) is 3.55. The van der Waals surface area contributed by atoms with Crippen molar-refractivity contribution in [1.82, 2.24) is 9.55 Å². The van der Waals surface area contributed by atoms with Gasteiger partial charge in [-0.1, -0.05) is 0 Å². The van der Waals surface area contributed by atoms with Crippen molar-refractivity contribution in [3.8, 4) is 0 Å². The Morgan fingerprint density at radius 3 is 2.50 bits per heavy atom. The van der Waals surface area contributed by atoms with Crippen LogP contribution in [0.25, 0.3) is 0 Å². The number of aliphatic hydroxyl groups is 3. The first-order valence-electron chi connectivity index (χ1n) is 8.04. The van der Waals surface area contributed by atoms with Gasteiger partial charge in [-0.2, -0.15) is 4.98 Å². The maximum atomic E-state index is 11.5. The Labute approximate surface area is 150 Å². The van der Waals surface area contributed by atoms with Gasteiger partial charge in [0.15, 0.2) is 12.2 Å². The molecule has 1 aliphatic heterocycles. The van der Waals surface area contributed by atoms with Crippen LogP contribution in [-0.2, 0) is 4.74 Å². The molecule has 1 aromatic rings. The molecule has 148 valence electrons. The number of guanidine groups is 1. The van der Waals surface area contributed by atoms with Crippen LogP contribution in [0.3, 0.4) is 0 Å². The van der Waals surface area contributed by atoms with E-state index < -0.39 is 36.8 Å². The molecule has 1 aliphatic rings. The number of nitrogen functional groups attached to an aromatic ring is 1. The van der Waals surface area contributed by atoms with Gasteiger partial charge in [0, 0.05) is 12.7 Å². The van der Waals surface area contributed by atoms with Gasteiger partial charge in [-0.25, -0.2) is 4.79 Å².